The maximum absolute atomic E-state index is 12.9. The van der Waals surface area contributed by atoms with Gasteiger partial charge in [-0.15, -0.1) is 11.3 Å². The number of benzene rings is 1. The molecule has 0 fully saturated rings. The van der Waals surface area contributed by atoms with Crippen molar-refractivity contribution in [2.45, 2.75) is 25.7 Å². The van der Waals surface area contributed by atoms with E-state index in [1.807, 2.05) is 6.07 Å². The minimum Gasteiger partial charge on any atom is -0.463 e. The van der Waals surface area contributed by atoms with E-state index in [1.165, 1.54) is 17.6 Å². The van der Waals surface area contributed by atoms with Gasteiger partial charge in [0.15, 0.2) is 12.4 Å². The third kappa shape index (κ3) is 4.17. The monoisotopic (exact) mass is 475 g/mol. The molecular weight excluding hydrogens is 454 g/mol. The first-order valence-corrected chi connectivity index (χ1v) is 11.7. The van der Waals surface area contributed by atoms with Crippen LogP contribution in [0, 0.1) is 0 Å². The van der Waals surface area contributed by atoms with E-state index >= 15 is 0 Å². The molecule has 5 rings (SSSR count). The molecule has 0 bridgehead atoms. The first-order valence-electron chi connectivity index (χ1n) is 10.9. The second kappa shape index (κ2) is 9.11. The maximum atomic E-state index is 12.9. The van der Waals surface area contributed by atoms with Gasteiger partial charge in [0, 0.05) is 10.3 Å². The number of carbonyl (C=O) groups is 3. The van der Waals surface area contributed by atoms with Crippen molar-refractivity contribution in [2.75, 3.05) is 11.9 Å². The summed E-state index contributed by atoms with van der Waals surface area (Å²) < 4.78 is 10.7. The van der Waals surface area contributed by atoms with Gasteiger partial charge in [-0.25, -0.2) is 9.78 Å². The van der Waals surface area contributed by atoms with Gasteiger partial charge in [-0.2, -0.15) is 0 Å². The number of nitrogens with two attached hydrogens (primary N) is 1. The van der Waals surface area contributed by atoms with Crippen molar-refractivity contribution in [3.05, 3.63) is 70.3 Å². The highest BCUT2D eigenvalue weighted by Gasteiger charge is 2.25. The number of hydrogen-bond acceptors (Lipinski definition) is 7. The molecule has 3 N–H and O–H groups in total. The average Bonchev–Trinajstić information content (AvgIpc) is 3.50. The number of ether oxygens (including phenoxy) is 1. The number of amides is 2. The number of primary amides is 1. The van der Waals surface area contributed by atoms with Crippen LogP contribution in [0.25, 0.3) is 22.4 Å². The van der Waals surface area contributed by atoms with Crippen LogP contribution in [0.5, 0.6) is 0 Å². The molecule has 0 unspecified atom stereocenters. The maximum Gasteiger partial charge on any atom is 0.339 e. The predicted octanol–water partition coefficient (Wildman–Crippen LogP) is 4.33. The lowest BCUT2D eigenvalue weighted by Gasteiger charge is -2.11. The van der Waals surface area contributed by atoms with E-state index < -0.39 is 24.4 Å². The molecule has 0 radical (unpaired) electrons. The summed E-state index contributed by atoms with van der Waals surface area (Å²) in [5, 5.41) is 3.71. The lowest BCUT2D eigenvalue weighted by Crippen LogP contribution is -2.23. The van der Waals surface area contributed by atoms with Crippen molar-refractivity contribution in [3.8, 4) is 11.5 Å². The fourth-order valence-electron chi connectivity index (χ4n) is 4.18. The summed E-state index contributed by atoms with van der Waals surface area (Å²) >= 11 is 1.36. The number of nitrogens with one attached hydrogen (secondary N) is 1. The van der Waals surface area contributed by atoms with Gasteiger partial charge < -0.3 is 20.2 Å². The molecule has 1 aliphatic carbocycles. The Morgan fingerprint density at radius 3 is 2.74 bits per heavy atom. The number of esters is 1. The molecule has 0 spiro atoms. The Bertz CT molecular complexity index is 1410. The van der Waals surface area contributed by atoms with Crippen LogP contribution in [0.3, 0.4) is 0 Å². The minimum absolute atomic E-state index is 0.272. The molecule has 9 heteroatoms. The van der Waals surface area contributed by atoms with Gasteiger partial charge in [0.2, 0.25) is 0 Å². The Balaban J connectivity index is 1.35. The Morgan fingerprint density at radius 2 is 1.94 bits per heavy atom. The molecular formula is C25H21N3O5S. The lowest BCUT2D eigenvalue weighted by atomic mass is 9.95. The van der Waals surface area contributed by atoms with Gasteiger partial charge >= 0.3 is 5.97 Å². The van der Waals surface area contributed by atoms with Crippen molar-refractivity contribution >= 4 is 45.0 Å². The van der Waals surface area contributed by atoms with Crippen LogP contribution >= 0.6 is 11.3 Å². The smallest absolute Gasteiger partial charge is 0.339 e. The number of anilines is 1. The minimum atomic E-state index is -0.665. The number of aryl methyl sites for hydroxylation is 1. The zero-order valence-corrected chi connectivity index (χ0v) is 18.9. The van der Waals surface area contributed by atoms with Crippen molar-refractivity contribution in [1.82, 2.24) is 4.98 Å². The molecule has 3 heterocycles. The molecule has 0 saturated carbocycles. The molecule has 0 aliphatic heterocycles. The van der Waals surface area contributed by atoms with E-state index in [4.69, 9.17) is 14.9 Å². The van der Waals surface area contributed by atoms with Gasteiger partial charge in [-0.3, -0.25) is 9.59 Å². The van der Waals surface area contributed by atoms with Gasteiger partial charge in [0.1, 0.15) is 10.7 Å². The number of furan rings is 1. The molecule has 34 heavy (non-hydrogen) atoms. The second-order valence-electron chi connectivity index (χ2n) is 7.95. The predicted molar refractivity (Wildman–Crippen MR) is 128 cm³/mol. The highest BCUT2D eigenvalue weighted by atomic mass is 32.1. The largest absolute Gasteiger partial charge is 0.463 e. The van der Waals surface area contributed by atoms with Crippen LogP contribution in [0.1, 0.15) is 44.0 Å². The molecule has 0 atom stereocenters. The number of thiophene rings is 1. The summed E-state index contributed by atoms with van der Waals surface area (Å²) in [6, 6.07) is 12.2. The van der Waals surface area contributed by atoms with Gasteiger partial charge in [-0.05, 0) is 55.5 Å². The molecule has 1 aliphatic rings. The number of fused-ring (bicyclic) bond motifs is 2. The normalized spacial score (nSPS) is 12.8. The molecule has 8 nitrogen and oxygen atoms in total. The Hall–Kier alpha value is -3.98. The zero-order valence-electron chi connectivity index (χ0n) is 18.1. The molecule has 172 valence electrons. The van der Waals surface area contributed by atoms with Crippen molar-refractivity contribution in [2.24, 2.45) is 5.73 Å². The second-order valence-corrected chi connectivity index (χ2v) is 9.06. The third-order valence-electron chi connectivity index (χ3n) is 5.71. The molecule has 2 amide bonds. The zero-order chi connectivity index (χ0) is 23.7. The highest BCUT2D eigenvalue weighted by molar-refractivity contribution is 7.17. The third-order valence-corrected chi connectivity index (χ3v) is 6.92. The van der Waals surface area contributed by atoms with Gasteiger partial charge in [0.25, 0.3) is 11.8 Å². The van der Waals surface area contributed by atoms with Crippen LogP contribution in [0.2, 0.25) is 0 Å². The molecule has 4 aromatic rings. The fourth-order valence-corrected chi connectivity index (χ4v) is 5.49. The lowest BCUT2D eigenvalue weighted by molar-refractivity contribution is -0.119. The number of para-hydroxylation sites is 1. The molecule has 3 aromatic heterocycles. The van der Waals surface area contributed by atoms with Gasteiger partial charge in [0.05, 0.1) is 22.9 Å². The van der Waals surface area contributed by atoms with E-state index in [2.05, 4.69) is 10.3 Å². The van der Waals surface area contributed by atoms with E-state index in [1.54, 1.807) is 36.4 Å². The summed E-state index contributed by atoms with van der Waals surface area (Å²) in [7, 11) is 0. The average molecular weight is 476 g/mol. The first kappa shape index (κ1) is 21.8. The van der Waals surface area contributed by atoms with Crippen molar-refractivity contribution in [3.63, 3.8) is 0 Å². The Labute approximate surface area is 198 Å². The van der Waals surface area contributed by atoms with E-state index in [0.717, 1.165) is 36.1 Å². The first-order chi connectivity index (χ1) is 16.5. The standard InChI is InChI=1S/C25H21N3O5S/c26-23(30)22-15-7-2-4-10-20(15)34-24(22)28-21(29)13-33-25(31)16-12-18(19-9-5-11-32-19)27-17-8-3-1-6-14(16)17/h1,3,5-6,8-9,11-12H,2,4,7,10,13H2,(H2,26,30)(H,28,29). The summed E-state index contributed by atoms with van der Waals surface area (Å²) in [6.07, 6.45) is 5.17. The number of aromatic nitrogens is 1. The number of nitrogens with zero attached hydrogens (tertiary/aromatic N) is 1. The summed E-state index contributed by atoms with van der Waals surface area (Å²) in [6.45, 7) is -0.508. The van der Waals surface area contributed by atoms with E-state index in [-0.39, 0.29) is 5.56 Å². The number of pyridine rings is 1. The van der Waals surface area contributed by atoms with Crippen molar-refractivity contribution in [1.29, 1.82) is 0 Å². The highest BCUT2D eigenvalue weighted by Crippen LogP contribution is 2.37. The summed E-state index contributed by atoms with van der Waals surface area (Å²) in [4.78, 5) is 43.2. The Morgan fingerprint density at radius 1 is 1.12 bits per heavy atom. The molecule has 0 saturated heterocycles. The van der Waals surface area contributed by atoms with Gasteiger partial charge in [-0.1, -0.05) is 18.2 Å². The van der Waals surface area contributed by atoms with Crippen LogP contribution in [-0.4, -0.2) is 29.4 Å². The number of rotatable bonds is 6. The van der Waals surface area contributed by atoms with Crippen LogP contribution in [0.4, 0.5) is 5.00 Å². The molecule has 1 aromatic carbocycles. The van der Waals surface area contributed by atoms with E-state index in [0.29, 0.717) is 32.9 Å². The summed E-state index contributed by atoms with van der Waals surface area (Å²) in [5.74, 6) is -1.26. The van der Waals surface area contributed by atoms with Crippen LogP contribution in [0.15, 0.2) is 53.1 Å². The van der Waals surface area contributed by atoms with Crippen molar-refractivity contribution < 1.29 is 23.5 Å². The SMILES string of the molecule is NC(=O)c1c(NC(=O)COC(=O)c2cc(-c3ccco3)nc3ccccc23)sc2c1CCCC2. The quantitative estimate of drug-likeness (QED) is 0.400. The Kier molecular flexibility index (Phi) is 5.85. The topological polar surface area (TPSA) is 125 Å². The van der Waals surface area contributed by atoms with Crippen LogP contribution in [-0.2, 0) is 22.4 Å². The van der Waals surface area contributed by atoms with Crippen LogP contribution < -0.4 is 11.1 Å². The fraction of sp³-hybridized carbons (Fsp3) is 0.200. The van der Waals surface area contributed by atoms with E-state index in [9.17, 15) is 14.4 Å². The number of hydrogen-bond donors (Lipinski definition) is 2. The number of carbonyl (C=O) groups excluding carboxylic acids is 3. The summed E-state index contributed by atoms with van der Waals surface area (Å²) in [5.41, 5.74) is 8.22.